The number of rotatable bonds is 6. The minimum Gasteiger partial charge on any atom is -0.493 e. The van der Waals surface area contributed by atoms with Gasteiger partial charge in [0.1, 0.15) is 0 Å². The number of carbonyl (C=O) groups is 1. The molecule has 0 aliphatic carbocycles. The van der Waals surface area contributed by atoms with Crippen molar-refractivity contribution in [1.82, 2.24) is 14.9 Å². The summed E-state index contributed by atoms with van der Waals surface area (Å²) in [5.41, 5.74) is 1.04. The molecule has 1 heterocycles. The number of halogens is 3. The number of hydrogen-bond acceptors (Lipinski definition) is 4. The lowest BCUT2D eigenvalue weighted by Crippen LogP contribution is -2.32. The third kappa shape index (κ3) is 4.53. The molecule has 7 nitrogen and oxygen atoms in total. The predicted molar refractivity (Wildman–Crippen MR) is 101 cm³/mol. The molecule has 3 rings (SSSR count). The minimum atomic E-state index is -4.60. The third-order valence-electron chi connectivity index (χ3n) is 4.17. The molecule has 10 heteroatoms. The Labute approximate surface area is 164 Å². The third-order valence-corrected chi connectivity index (χ3v) is 4.17. The summed E-state index contributed by atoms with van der Waals surface area (Å²) in [6.07, 6.45) is -4.60. The van der Waals surface area contributed by atoms with Crippen molar-refractivity contribution in [1.29, 1.82) is 0 Å². The first-order chi connectivity index (χ1) is 13.8. The highest BCUT2D eigenvalue weighted by Crippen LogP contribution is 2.31. The first kappa shape index (κ1) is 20.3. The van der Waals surface area contributed by atoms with Crippen LogP contribution in [0.2, 0.25) is 0 Å². The van der Waals surface area contributed by atoms with Crippen LogP contribution in [0.15, 0.2) is 42.5 Å². The average Bonchev–Trinajstić information content (AvgIpc) is 3.07. The molecule has 0 saturated carbocycles. The molecule has 0 aliphatic rings. The summed E-state index contributed by atoms with van der Waals surface area (Å²) < 4.78 is 51.2. The van der Waals surface area contributed by atoms with Gasteiger partial charge in [-0.05, 0) is 24.3 Å². The zero-order valence-electron chi connectivity index (χ0n) is 15.7. The van der Waals surface area contributed by atoms with E-state index in [0.29, 0.717) is 22.7 Å². The van der Waals surface area contributed by atoms with Gasteiger partial charge in [0, 0.05) is 24.8 Å². The minimum absolute atomic E-state index is 0.0252. The van der Waals surface area contributed by atoms with E-state index in [-0.39, 0.29) is 18.6 Å². The maximum absolute atomic E-state index is 13.3. The number of para-hydroxylation sites is 2. The van der Waals surface area contributed by atoms with Gasteiger partial charge in [0.05, 0.1) is 25.3 Å². The molecule has 154 valence electrons. The molecule has 1 aromatic heterocycles. The summed E-state index contributed by atoms with van der Waals surface area (Å²) in [6, 6.07) is 10.6. The molecule has 0 spiro atoms. The van der Waals surface area contributed by atoms with Crippen LogP contribution in [0.4, 0.5) is 23.7 Å². The Kier molecular flexibility index (Phi) is 5.81. The van der Waals surface area contributed by atoms with Crippen LogP contribution >= 0.6 is 0 Å². The number of imidazole rings is 1. The fourth-order valence-electron chi connectivity index (χ4n) is 2.89. The molecule has 0 bridgehead atoms. The molecule has 0 radical (unpaired) electrons. The molecule has 0 saturated heterocycles. The summed E-state index contributed by atoms with van der Waals surface area (Å²) in [6.45, 7) is -0.114. The fourth-order valence-corrected chi connectivity index (χ4v) is 2.89. The number of nitrogens with one attached hydrogen (secondary N) is 2. The zero-order chi connectivity index (χ0) is 21.0. The van der Waals surface area contributed by atoms with Crippen molar-refractivity contribution in [3.8, 4) is 11.5 Å². The summed E-state index contributed by atoms with van der Waals surface area (Å²) in [5.74, 6) is -0.0593. The van der Waals surface area contributed by atoms with Crippen LogP contribution in [0, 0.1) is 0 Å². The highest BCUT2D eigenvalue weighted by molar-refractivity contribution is 5.89. The topological polar surface area (TPSA) is 77.4 Å². The van der Waals surface area contributed by atoms with E-state index < -0.39 is 18.0 Å². The number of hydrogen-bond donors (Lipinski definition) is 2. The molecule has 0 atom stereocenters. The number of ether oxygens (including phenoxy) is 2. The van der Waals surface area contributed by atoms with Crippen LogP contribution in [0.5, 0.6) is 11.5 Å². The first-order valence-electron chi connectivity index (χ1n) is 8.63. The largest absolute Gasteiger partial charge is 0.493 e. The van der Waals surface area contributed by atoms with Gasteiger partial charge in [0.15, 0.2) is 11.5 Å². The van der Waals surface area contributed by atoms with Gasteiger partial charge >= 0.3 is 12.2 Å². The maximum atomic E-state index is 13.3. The fraction of sp³-hybridized carbons (Fsp3) is 0.263. The van der Waals surface area contributed by atoms with Gasteiger partial charge in [0.25, 0.3) is 0 Å². The number of benzene rings is 2. The number of nitrogens with zero attached hydrogens (tertiary/aromatic N) is 2. The van der Waals surface area contributed by atoms with Crippen molar-refractivity contribution in [3.05, 3.63) is 48.3 Å². The molecule has 29 heavy (non-hydrogen) atoms. The van der Waals surface area contributed by atoms with Crippen molar-refractivity contribution in [2.24, 2.45) is 0 Å². The van der Waals surface area contributed by atoms with Crippen LogP contribution in [0.25, 0.3) is 11.0 Å². The summed E-state index contributed by atoms with van der Waals surface area (Å²) in [4.78, 5) is 15.8. The molecule has 2 aromatic carbocycles. The second-order valence-corrected chi connectivity index (χ2v) is 6.02. The molecule has 2 amide bonds. The van der Waals surface area contributed by atoms with E-state index in [1.807, 2.05) is 0 Å². The smallest absolute Gasteiger partial charge is 0.449 e. The molecule has 2 N–H and O–H groups in total. The molecule has 0 fully saturated rings. The number of carbonyl (C=O) groups excluding carboxylic acids is 1. The quantitative estimate of drug-likeness (QED) is 0.649. The van der Waals surface area contributed by atoms with Gasteiger partial charge in [0.2, 0.25) is 5.82 Å². The van der Waals surface area contributed by atoms with Crippen LogP contribution < -0.4 is 20.1 Å². The number of amides is 2. The van der Waals surface area contributed by atoms with E-state index in [4.69, 9.17) is 9.47 Å². The number of methoxy groups -OCH3 is 2. The zero-order valence-corrected chi connectivity index (χ0v) is 15.7. The highest BCUT2D eigenvalue weighted by atomic mass is 19.4. The van der Waals surface area contributed by atoms with E-state index >= 15 is 0 Å². The second kappa shape index (κ2) is 8.29. The van der Waals surface area contributed by atoms with Crippen LogP contribution in [0.3, 0.4) is 0 Å². The predicted octanol–water partition coefficient (Wildman–Crippen LogP) is 3.89. The normalized spacial score (nSPS) is 11.3. The van der Waals surface area contributed by atoms with Crippen LogP contribution in [-0.4, -0.2) is 36.3 Å². The van der Waals surface area contributed by atoms with Crippen molar-refractivity contribution in [3.63, 3.8) is 0 Å². The SMILES string of the molecule is COc1ccc(NC(=O)NCCn2c(C(F)(F)F)nc3ccccc32)cc1OC. The van der Waals surface area contributed by atoms with Crippen molar-refractivity contribution >= 4 is 22.8 Å². The van der Waals surface area contributed by atoms with Gasteiger partial charge in [-0.2, -0.15) is 13.2 Å². The molecule has 0 aliphatic heterocycles. The van der Waals surface area contributed by atoms with E-state index in [0.717, 1.165) is 4.57 Å². The Hall–Kier alpha value is -3.43. The number of alkyl halides is 3. The van der Waals surface area contributed by atoms with Crippen molar-refractivity contribution in [2.75, 3.05) is 26.1 Å². The standard InChI is InChI=1S/C19H19F3N4O3/c1-28-15-8-7-12(11-16(15)29-2)24-18(27)23-9-10-26-14-6-4-3-5-13(14)25-17(26)19(20,21)22/h3-8,11H,9-10H2,1-2H3,(H2,23,24,27). The first-order valence-corrected chi connectivity index (χ1v) is 8.63. The van der Waals surface area contributed by atoms with Crippen molar-refractivity contribution < 1.29 is 27.4 Å². The number of anilines is 1. The van der Waals surface area contributed by atoms with Crippen LogP contribution in [0.1, 0.15) is 5.82 Å². The summed E-state index contributed by atoms with van der Waals surface area (Å²) in [5, 5.41) is 5.14. The van der Waals surface area contributed by atoms with E-state index in [1.165, 1.54) is 20.3 Å². The Morgan fingerprint density at radius 1 is 1.10 bits per heavy atom. The monoisotopic (exact) mass is 408 g/mol. The highest BCUT2D eigenvalue weighted by Gasteiger charge is 2.37. The second-order valence-electron chi connectivity index (χ2n) is 6.02. The number of fused-ring (bicyclic) bond motifs is 1. The van der Waals surface area contributed by atoms with Gasteiger partial charge in [-0.1, -0.05) is 12.1 Å². The molecule has 0 unspecified atom stereocenters. The van der Waals surface area contributed by atoms with Gasteiger partial charge < -0.3 is 24.7 Å². The maximum Gasteiger partial charge on any atom is 0.449 e. The lowest BCUT2D eigenvalue weighted by atomic mass is 10.3. The van der Waals surface area contributed by atoms with E-state index in [2.05, 4.69) is 15.6 Å². The van der Waals surface area contributed by atoms with Gasteiger partial charge in [-0.15, -0.1) is 0 Å². The Bertz CT molecular complexity index is 1020. The lowest BCUT2D eigenvalue weighted by molar-refractivity contribution is -0.146. The number of urea groups is 1. The number of aromatic nitrogens is 2. The van der Waals surface area contributed by atoms with Crippen molar-refractivity contribution in [2.45, 2.75) is 12.7 Å². The van der Waals surface area contributed by atoms with Gasteiger partial charge in [-0.25, -0.2) is 9.78 Å². The van der Waals surface area contributed by atoms with Gasteiger partial charge in [-0.3, -0.25) is 0 Å². The van der Waals surface area contributed by atoms with Crippen LogP contribution in [-0.2, 0) is 12.7 Å². The lowest BCUT2D eigenvalue weighted by Gasteiger charge is -2.13. The van der Waals surface area contributed by atoms with E-state index in [9.17, 15) is 18.0 Å². The Morgan fingerprint density at radius 3 is 2.52 bits per heavy atom. The molecular weight excluding hydrogens is 389 g/mol. The Morgan fingerprint density at radius 2 is 1.83 bits per heavy atom. The molecule has 3 aromatic rings. The summed E-state index contributed by atoms with van der Waals surface area (Å²) in [7, 11) is 2.96. The average molecular weight is 408 g/mol. The molecular formula is C19H19F3N4O3. The summed E-state index contributed by atoms with van der Waals surface area (Å²) >= 11 is 0. The van der Waals surface area contributed by atoms with E-state index in [1.54, 1.807) is 36.4 Å². The Balaban J connectivity index is 1.67.